The molecule has 0 aliphatic carbocycles. The maximum atomic E-state index is 8.55. The maximum Gasteiger partial charge on any atom is 2.00 e. The molecule has 0 aliphatic heterocycles. The van der Waals surface area contributed by atoms with E-state index in [4.69, 9.17) is 19.2 Å². The van der Waals surface area contributed by atoms with Gasteiger partial charge in [0.2, 0.25) is 0 Å². The van der Waals surface area contributed by atoms with Crippen LogP contribution in [-0.2, 0) is 21.6 Å². The van der Waals surface area contributed by atoms with Gasteiger partial charge >= 0.3 is 130 Å². The Morgan fingerprint density at radius 1 is 0.889 bits per heavy atom. The van der Waals surface area contributed by atoms with E-state index in [9.17, 15) is 0 Å². The quantitative estimate of drug-likeness (QED) is 0.332. The van der Waals surface area contributed by atoms with Crippen LogP contribution >= 0.6 is 7.82 Å². The van der Waals surface area contributed by atoms with Gasteiger partial charge in [0.15, 0.2) is 0 Å². The zero-order chi connectivity index (χ0) is 4.50. The van der Waals surface area contributed by atoms with Gasteiger partial charge in [-0.15, -0.1) is 0 Å². The van der Waals surface area contributed by atoms with Crippen LogP contribution in [0.15, 0.2) is 0 Å². The Labute approximate surface area is 153 Å². The molecule has 0 N–H and O–H groups in total. The van der Waals surface area contributed by atoms with Gasteiger partial charge in [-0.3, -0.25) is 0 Å². The van der Waals surface area contributed by atoms with Crippen molar-refractivity contribution in [3.63, 3.8) is 0 Å². The molecule has 0 aliphatic rings. The second-order valence-electron chi connectivity index (χ2n) is 0.447. The number of hydrogen-bond donors (Lipinski definition) is 0. The fourth-order valence-corrected chi connectivity index (χ4v) is 0. The molecule has 0 saturated heterocycles. The van der Waals surface area contributed by atoms with Crippen LogP contribution in [0.25, 0.3) is 0 Å². The van der Waals surface area contributed by atoms with Gasteiger partial charge in [-0.05, 0) is 0 Å². The van der Waals surface area contributed by atoms with Crippen molar-refractivity contribution in [3.05, 3.63) is 0 Å². The van der Waals surface area contributed by atoms with Crippen LogP contribution in [0.4, 0.5) is 0 Å². The minimum absolute atomic E-state index is 0. The van der Waals surface area contributed by atoms with Crippen LogP contribution in [0.3, 0.4) is 0 Å². The van der Waals surface area contributed by atoms with Crippen molar-refractivity contribution >= 4 is 121 Å². The summed E-state index contributed by atoms with van der Waals surface area (Å²) >= 11 is 0. The summed E-state index contributed by atoms with van der Waals surface area (Å²) in [6, 6.07) is 0. The van der Waals surface area contributed by atoms with E-state index in [1.54, 1.807) is 0 Å². The fraction of sp³-hybridized carbons (Fsp3) is 0. The van der Waals surface area contributed by atoms with Gasteiger partial charge in [0.25, 0.3) is 0 Å². The number of rotatable bonds is 0. The molecule has 4 nitrogen and oxygen atoms in total. The van der Waals surface area contributed by atoms with E-state index in [2.05, 4.69) is 0 Å². The first-order valence-electron chi connectivity index (χ1n) is 0.730. The molecule has 9 heavy (non-hydrogen) atoms. The smallest absolute Gasteiger partial charge is 0.822 e. The van der Waals surface area contributed by atoms with Crippen molar-refractivity contribution < 1.29 is 36.3 Å². The van der Waals surface area contributed by atoms with Gasteiger partial charge in [0, 0.05) is 0 Å². The van der Waals surface area contributed by atoms with Gasteiger partial charge in [0.1, 0.15) is 0 Å². The van der Waals surface area contributed by atoms with E-state index in [0.717, 1.165) is 0 Å². The van der Waals surface area contributed by atoms with E-state index in [1.807, 2.05) is 0 Å². The molecule has 0 amide bonds. The third kappa shape index (κ3) is 69.2. The molecular weight excluding hydrogens is 270 g/mol. The molecule has 0 bridgehead atoms. The minimum atomic E-state index is -5.39. The van der Waals surface area contributed by atoms with E-state index in [1.165, 1.54) is 0 Å². The summed E-state index contributed by atoms with van der Waals surface area (Å²) in [6.07, 6.45) is 0. The van der Waals surface area contributed by atoms with E-state index in [-0.39, 0.29) is 130 Å². The number of hydrogen-bond acceptors (Lipinski definition) is 4. The summed E-state index contributed by atoms with van der Waals surface area (Å²) in [6.45, 7) is 0. The molecule has 0 rings (SSSR count). The molecule has 0 aromatic heterocycles. The molecule has 0 saturated carbocycles. The molecule has 0 aromatic rings. The summed E-state index contributed by atoms with van der Waals surface area (Å²) in [5, 5.41) is 0. The average Bonchev–Trinajstić information content (AvgIpc) is 0.722. The monoisotopic (exact) mass is 270 g/mol. The van der Waals surface area contributed by atoms with Crippen molar-refractivity contribution in [2.75, 3.05) is 0 Å². The predicted molar refractivity (Wildman–Crippen MR) is 24.9 cm³/mol. The average molecular weight is 270 g/mol. The predicted octanol–water partition coefficient (Wildman–Crippen LogP) is -3.97. The van der Waals surface area contributed by atoms with Crippen LogP contribution in [0.2, 0.25) is 0 Å². The maximum absolute atomic E-state index is 8.55. The third-order valence-electron chi connectivity index (χ3n) is 0. The van der Waals surface area contributed by atoms with Crippen LogP contribution in [0, 0.1) is 0 Å². The van der Waals surface area contributed by atoms with Gasteiger partial charge in [-0.1, -0.05) is 0 Å². The second-order valence-corrected chi connectivity index (χ2v) is 1.34. The molecule has 0 heterocycles. The molecule has 37 valence electrons. The Bertz CT molecular complexity index is 61.9. The summed E-state index contributed by atoms with van der Waals surface area (Å²) in [7, 11) is -5.39. The molecule has 1 radical (unpaired) electrons. The molecule has 0 atom stereocenters. The molecule has 0 fully saturated rings. The van der Waals surface area contributed by atoms with E-state index in [0.29, 0.717) is 0 Å². The number of phosphoric acid groups is 1. The van der Waals surface area contributed by atoms with E-state index >= 15 is 0 Å². The van der Waals surface area contributed by atoms with Gasteiger partial charge < -0.3 is 19.2 Å². The van der Waals surface area contributed by atoms with Gasteiger partial charge in [-0.25, -0.2) is 0 Å². The van der Waals surface area contributed by atoms with Crippen LogP contribution in [0.1, 0.15) is 0 Å². The first kappa shape index (κ1) is 29.2. The molecular formula is Ca3MnO4P+5. The normalized spacial score (nSPS) is 6.56. The van der Waals surface area contributed by atoms with Crippen molar-refractivity contribution in [1.29, 1.82) is 0 Å². The van der Waals surface area contributed by atoms with Gasteiger partial charge in [-0.2, -0.15) is 7.82 Å². The fourth-order valence-electron chi connectivity index (χ4n) is 0. The topological polar surface area (TPSA) is 86.2 Å². The first-order chi connectivity index (χ1) is 2.00. The van der Waals surface area contributed by atoms with Crippen molar-refractivity contribution in [2.24, 2.45) is 0 Å². The molecule has 9 heteroatoms. The molecule has 0 aromatic carbocycles. The molecule has 0 spiro atoms. The van der Waals surface area contributed by atoms with Crippen molar-refractivity contribution in [3.8, 4) is 0 Å². The van der Waals surface area contributed by atoms with Crippen LogP contribution < -0.4 is 14.7 Å². The zero-order valence-electron chi connectivity index (χ0n) is 4.58. The standard InChI is InChI=1S/3Ca.Mn.H3O4P/c;;;;1-5(2,3)4/h;;;;(H3,1,2,3,4)/q4*+2;/p-3. The van der Waals surface area contributed by atoms with Gasteiger partial charge in [0.05, 0.1) is 0 Å². The SMILES string of the molecule is O=P([O-])([O-])[O-].[Ca+2].[Ca+2].[Ca+2].[Mn+2]. The van der Waals surface area contributed by atoms with Crippen LogP contribution in [0.5, 0.6) is 0 Å². The summed E-state index contributed by atoms with van der Waals surface area (Å²) < 4.78 is 8.55. The third-order valence-corrected chi connectivity index (χ3v) is 0. The zero-order valence-corrected chi connectivity index (χ0v) is 13.3. The summed E-state index contributed by atoms with van der Waals surface area (Å²) in [4.78, 5) is 25.6. The van der Waals surface area contributed by atoms with E-state index < -0.39 is 7.82 Å². The Morgan fingerprint density at radius 2 is 0.889 bits per heavy atom. The largest absolute Gasteiger partial charge is 2.00 e. The van der Waals surface area contributed by atoms with Crippen molar-refractivity contribution in [2.45, 2.75) is 0 Å². The molecule has 0 unspecified atom stereocenters. The Hall–Kier alpha value is 4.41. The Morgan fingerprint density at radius 3 is 0.889 bits per heavy atom. The second kappa shape index (κ2) is 14.9. The first-order valence-corrected chi connectivity index (χ1v) is 2.19. The Balaban J connectivity index is -0.0000000133. The minimum Gasteiger partial charge on any atom is -0.822 e. The summed E-state index contributed by atoms with van der Waals surface area (Å²) in [5.74, 6) is 0. The summed E-state index contributed by atoms with van der Waals surface area (Å²) in [5.41, 5.74) is 0. The van der Waals surface area contributed by atoms with Crippen LogP contribution in [-0.4, -0.2) is 113 Å². The van der Waals surface area contributed by atoms with Crippen molar-refractivity contribution in [1.82, 2.24) is 0 Å². The Kier molecular flexibility index (Phi) is 48.4.